The maximum atomic E-state index is 15.7. The van der Waals surface area contributed by atoms with E-state index in [0.717, 1.165) is 0 Å². The van der Waals surface area contributed by atoms with E-state index in [1.54, 1.807) is 26.8 Å². The van der Waals surface area contributed by atoms with Crippen molar-refractivity contribution in [2.24, 2.45) is 0 Å². The second kappa shape index (κ2) is 12.2. The number of nitrogens with one attached hydrogen (secondary N) is 1. The van der Waals surface area contributed by atoms with Gasteiger partial charge in [0, 0.05) is 45.7 Å². The van der Waals surface area contributed by atoms with Gasteiger partial charge in [-0.05, 0) is 50.6 Å². The molecule has 0 amide bonds. The Kier molecular flexibility index (Phi) is 9.04. The van der Waals surface area contributed by atoms with Crippen molar-refractivity contribution in [2.45, 2.75) is 51.3 Å². The number of rotatable bonds is 10. The first-order valence-corrected chi connectivity index (χ1v) is 13.8. The van der Waals surface area contributed by atoms with E-state index >= 15 is 4.39 Å². The van der Waals surface area contributed by atoms with Crippen molar-refractivity contribution in [1.82, 2.24) is 9.71 Å². The van der Waals surface area contributed by atoms with Crippen LogP contribution in [0.4, 0.5) is 17.6 Å². The summed E-state index contributed by atoms with van der Waals surface area (Å²) in [4.78, 5) is 15.3. The minimum atomic E-state index is -4.76. The summed E-state index contributed by atoms with van der Waals surface area (Å²) in [5.74, 6) is -1.38. The molecule has 0 aliphatic carbocycles. The SMILES string of the molecule is COc1ccc(CC(=O)O)c(OCc2cc(-c3ccnc(CN[S@@+]([O-])C(C)(C)C)c3F)c3occ(C(F)(F)F)c3c2)c1. The number of hydrogen-bond donors (Lipinski definition) is 2. The predicted molar refractivity (Wildman–Crippen MR) is 148 cm³/mol. The number of hydrogen-bond acceptors (Lipinski definition) is 7. The number of carbonyl (C=O) groups is 1. The highest BCUT2D eigenvalue weighted by Crippen LogP contribution is 2.41. The number of fused-ring (bicyclic) bond motifs is 1. The van der Waals surface area contributed by atoms with Crippen LogP contribution in [0.15, 0.2) is 53.3 Å². The average Bonchev–Trinajstić information content (AvgIpc) is 3.35. The molecule has 0 aliphatic heterocycles. The highest BCUT2D eigenvalue weighted by Gasteiger charge is 2.36. The number of halogens is 4. The van der Waals surface area contributed by atoms with Crippen molar-refractivity contribution < 1.29 is 45.9 Å². The van der Waals surface area contributed by atoms with Crippen molar-refractivity contribution in [3.63, 3.8) is 0 Å². The maximum Gasteiger partial charge on any atom is 0.420 e. The van der Waals surface area contributed by atoms with Gasteiger partial charge in [0.2, 0.25) is 0 Å². The zero-order chi connectivity index (χ0) is 30.8. The van der Waals surface area contributed by atoms with Gasteiger partial charge in [-0.3, -0.25) is 9.78 Å². The summed E-state index contributed by atoms with van der Waals surface area (Å²) >= 11 is -1.52. The number of aliphatic carboxylic acids is 1. The fourth-order valence-electron chi connectivity index (χ4n) is 4.13. The number of furan rings is 1. The molecule has 2 aromatic heterocycles. The topological polar surface area (TPSA) is 117 Å². The predicted octanol–water partition coefficient (Wildman–Crippen LogP) is 6.42. The molecule has 0 unspecified atom stereocenters. The fourth-order valence-corrected chi connectivity index (χ4v) is 4.84. The summed E-state index contributed by atoms with van der Waals surface area (Å²) in [5, 5.41) is 8.95. The molecule has 224 valence electrons. The van der Waals surface area contributed by atoms with E-state index in [2.05, 4.69) is 9.71 Å². The summed E-state index contributed by atoms with van der Waals surface area (Å²) in [6.45, 7) is 4.75. The van der Waals surface area contributed by atoms with Crippen LogP contribution in [0, 0.1) is 5.82 Å². The maximum absolute atomic E-state index is 15.7. The average molecular weight is 609 g/mol. The van der Waals surface area contributed by atoms with E-state index in [4.69, 9.17) is 13.9 Å². The molecule has 0 fully saturated rings. The lowest BCUT2D eigenvalue weighted by atomic mass is 9.98. The largest absolute Gasteiger partial charge is 0.598 e. The summed E-state index contributed by atoms with van der Waals surface area (Å²) in [5.41, 5.74) is -0.821. The van der Waals surface area contributed by atoms with Crippen LogP contribution in [0.25, 0.3) is 22.1 Å². The Morgan fingerprint density at radius 2 is 1.88 bits per heavy atom. The molecule has 42 heavy (non-hydrogen) atoms. The van der Waals surface area contributed by atoms with Crippen molar-refractivity contribution in [3.8, 4) is 22.6 Å². The first-order valence-electron chi connectivity index (χ1n) is 12.6. The third-order valence-electron chi connectivity index (χ3n) is 6.23. The van der Waals surface area contributed by atoms with Crippen LogP contribution in [0.3, 0.4) is 0 Å². The van der Waals surface area contributed by atoms with Crippen LogP contribution in [0.5, 0.6) is 11.5 Å². The van der Waals surface area contributed by atoms with Crippen molar-refractivity contribution >= 4 is 28.3 Å². The van der Waals surface area contributed by atoms with Gasteiger partial charge >= 0.3 is 12.1 Å². The van der Waals surface area contributed by atoms with Gasteiger partial charge in [0.25, 0.3) is 0 Å². The summed E-state index contributed by atoms with van der Waals surface area (Å²) in [6.07, 6.45) is -3.25. The van der Waals surface area contributed by atoms with E-state index in [-0.39, 0.29) is 58.7 Å². The van der Waals surface area contributed by atoms with Crippen LogP contribution >= 0.6 is 0 Å². The lowest BCUT2D eigenvalue weighted by Crippen LogP contribution is -2.39. The van der Waals surface area contributed by atoms with Gasteiger partial charge in [-0.1, -0.05) is 6.07 Å². The zero-order valence-corrected chi connectivity index (χ0v) is 23.9. The molecule has 0 radical (unpaired) electrons. The minimum absolute atomic E-state index is 0.0242. The van der Waals surface area contributed by atoms with Crippen LogP contribution < -0.4 is 14.2 Å². The number of carboxylic acids is 1. The normalized spacial score (nSPS) is 12.9. The van der Waals surface area contributed by atoms with Crippen molar-refractivity contribution in [3.05, 3.63) is 77.1 Å². The van der Waals surface area contributed by atoms with Crippen LogP contribution in [0.1, 0.15) is 43.2 Å². The third kappa shape index (κ3) is 6.97. The molecule has 2 heterocycles. The molecule has 0 saturated carbocycles. The highest BCUT2D eigenvalue weighted by molar-refractivity contribution is 7.90. The van der Waals surface area contributed by atoms with Gasteiger partial charge in [-0.15, -0.1) is 4.72 Å². The van der Waals surface area contributed by atoms with Crippen LogP contribution in [-0.2, 0) is 41.9 Å². The molecule has 4 rings (SSSR count). The van der Waals surface area contributed by atoms with Gasteiger partial charge in [0.15, 0.2) is 5.82 Å². The number of alkyl halides is 3. The lowest BCUT2D eigenvalue weighted by molar-refractivity contribution is -0.137. The lowest BCUT2D eigenvalue weighted by Gasteiger charge is -2.23. The Labute approximate surface area is 242 Å². The first kappa shape index (κ1) is 31.1. The molecule has 0 bridgehead atoms. The third-order valence-corrected chi connectivity index (χ3v) is 7.75. The Bertz CT molecular complexity index is 1600. The standard InChI is InChI=1S/C29H28F4N2O6S/c1-28(2,3)42(38)35-13-23-26(30)19(7-8-34-23)20-9-16(10-21-22(29(31,32)33)15-41-27(20)21)14-40-24-12-18(39-4)6-5-17(24)11-25(36)37/h5-10,12,15,35H,11,13-14H2,1-4H3,(H,36,37)/t42-/m0/s1. The molecular formula is C29H28F4N2O6S. The van der Waals surface area contributed by atoms with Crippen LogP contribution in [-0.4, -0.2) is 32.5 Å². The van der Waals surface area contributed by atoms with Gasteiger partial charge in [0.1, 0.15) is 40.3 Å². The quantitative estimate of drug-likeness (QED) is 0.157. The molecule has 8 nitrogen and oxygen atoms in total. The van der Waals surface area contributed by atoms with Gasteiger partial charge in [-0.2, -0.15) is 13.2 Å². The zero-order valence-electron chi connectivity index (χ0n) is 23.1. The molecule has 0 aliphatic rings. The first-order chi connectivity index (χ1) is 19.7. The van der Waals surface area contributed by atoms with Gasteiger partial charge < -0.3 is 23.6 Å². The minimum Gasteiger partial charge on any atom is -0.598 e. The van der Waals surface area contributed by atoms with E-state index in [1.165, 1.54) is 43.6 Å². The van der Waals surface area contributed by atoms with E-state index in [1.807, 2.05) is 0 Å². The Hall–Kier alpha value is -3.81. The monoisotopic (exact) mass is 608 g/mol. The Morgan fingerprint density at radius 1 is 1.14 bits per heavy atom. The van der Waals surface area contributed by atoms with Crippen molar-refractivity contribution in [2.75, 3.05) is 7.11 Å². The van der Waals surface area contributed by atoms with Crippen molar-refractivity contribution in [1.29, 1.82) is 0 Å². The molecule has 1 atom stereocenters. The van der Waals surface area contributed by atoms with E-state index < -0.39 is 39.6 Å². The highest BCUT2D eigenvalue weighted by atomic mass is 32.2. The van der Waals surface area contributed by atoms with Crippen LogP contribution in [0.2, 0.25) is 0 Å². The number of benzene rings is 2. The Balaban J connectivity index is 1.77. The fraction of sp³-hybridized carbons (Fsp3) is 0.310. The number of nitrogens with zero attached hydrogens (tertiary/aromatic N) is 1. The molecule has 0 spiro atoms. The van der Waals surface area contributed by atoms with E-state index in [9.17, 15) is 27.6 Å². The Morgan fingerprint density at radius 3 is 2.52 bits per heavy atom. The summed E-state index contributed by atoms with van der Waals surface area (Å²) in [6, 6.07) is 8.53. The molecular weight excluding hydrogens is 580 g/mol. The smallest absolute Gasteiger partial charge is 0.420 e. The van der Waals surface area contributed by atoms with E-state index in [0.29, 0.717) is 17.6 Å². The number of pyridine rings is 1. The second-order valence-corrected chi connectivity index (χ2v) is 12.4. The number of methoxy groups -OCH3 is 1. The molecule has 13 heteroatoms. The summed E-state index contributed by atoms with van der Waals surface area (Å²) < 4.78 is 88.2. The number of carboxylic acid groups (broad SMARTS) is 1. The summed E-state index contributed by atoms with van der Waals surface area (Å²) in [7, 11) is 1.42. The molecule has 0 saturated heterocycles. The second-order valence-electron chi connectivity index (χ2n) is 10.3. The number of aromatic nitrogens is 1. The molecule has 2 aromatic carbocycles. The molecule has 4 aromatic rings. The van der Waals surface area contributed by atoms with Gasteiger partial charge in [0.05, 0.1) is 25.8 Å². The van der Waals surface area contributed by atoms with Gasteiger partial charge in [-0.25, -0.2) is 4.39 Å². The molecule has 2 N–H and O–H groups in total. The number of ether oxygens (including phenoxy) is 2.